The smallest absolute Gasteiger partial charge is 0.309 e. The Labute approximate surface area is 156 Å². The summed E-state index contributed by atoms with van der Waals surface area (Å²) in [6.45, 7) is 1.77. The Balaban J connectivity index is 2.29. The number of likely N-dealkylation sites (N-methyl/N-ethyl adjacent to an activating group) is 1. The maximum atomic E-state index is 13.0. The summed E-state index contributed by atoms with van der Waals surface area (Å²) in [4.78, 5) is 23.4. The highest BCUT2D eigenvalue weighted by Crippen LogP contribution is 2.32. The van der Waals surface area contributed by atoms with Crippen LogP contribution < -0.4 is 15.4 Å². The van der Waals surface area contributed by atoms with Crippen molar-refractivity contribution in [1.29, 1.82) is 0 Å². The molecule has 0 saturated carbocycles. The van der Waals surface area contributed by atoms with Crippen LogP contribution in [0.1, 0.15) is 17.7 Å². The Hall–Kier alpha value is -2.39. The number of rotatable bonds is 7. The lowest BCUT2D eigenvalue weighted by atomic mass is 10.1. The summed E-state index contributed by atoms with van der Waals surface area (Å²) in [6, 6.07) is 9.73. The number of carbonyl (C=O) groups is 2. The van der Waals surface area contributed by atoms with Gasteiger partial charge >= 0.3 is 11.8 Å². The van der Waals surface area contributed by atoms with Crippen LogP contribution in [0.3, 0.4) is 0 Å². The number of hydrogen-bond donors (Lipinski definition) is 2. The highest BCUT2D eigenvalue weighted by atomic mass is 32.2. The zero-order chi connectivity index (χ0) is 19.2. The van der Waals surface area contributed by atoms with E-state index in [0.29, 0.717) is 17.9 Å². The van der Waals surface area contributed by atoms with E-state index in [1.165, 1.54) is 13.2 Å². The van der Waals surface area contributed by atoms with E-state index in [9.17, 15) is 18.0 Å². The fraction of sp³-hybridized carbons (Fsp3) is 0.294. The first kappa shape index (κ1) is 19.9. The van der Waals surface area contributed by atoms with Gasteiger partial charge in [-0.05, 0) is 36.1 Å². The second-order valence-electron chi connectivity index (χ2n) is 5.31. The van der Waals surface area contributed by atoms with Gasteiger partial charge in [0.05, 0.1) is 7.11 Å². The summed E-state index contributed by atoms with van der Waals surface area (Å²) in [5, 5.41) is 5.43. The zero-order valence-electron chi connectivity index (χ0n) is 14.4. The molecule has 1 heterocycles. The molecule has 0 aliphatic heterocycles. The van der Waals surface area contributed by atoms with Gasteiger partial charge in [0.15, 0.2) is 9.84 Å². The molecule has 0 aliphatic rings. The molecule has 1 atom stereocenters. The Morgan fingerprint density at radius 1 is 1.12 bits per heavy atom. The van der Waals surface area contributed by atoms with E-state index < -0.39 is 26.9 Å². The summed E-state index contributed by atoms with van der Waals surface area (Å²) < 4.78 is 31.3. The van der Waals surface area contributed by atoms with Crippen LogP contribution >= 0.6 is 11.3 Å². The van der Waals surface area contributed by atoms with E-state index >= 15 is 0 Å². The van der Waals surface area contributed by atoms with E-state index in [1.807, 2.05) is 0 Å². The number of methoxy groups -OCH3 is 1. The number of amides is 2. The molecule has 2 rings (SSSR count). The Kier molecular flexibility index (Phi) is 6.76. The van der Waals surface area contributed by atoms with Crippen molar-refractivity contribution in [2.75, 3.05) is 20.2 Å². The molecular formula is C17H20N2O5S2. The third-order valence-corrected chi connectivity index (χ3v) is 7.16. The van der Waals surface area contributed by atoms with Crippen molar-refractivity contribution in [1.82, 2.24) is 10.6 Å². The highest BCUT2D eigenvalue weighted by molar-refractivity contribution is 7.93. The van der Waals surface area contributed by atoms with Crippen molar-refractivity contribution in [3.63, 3.8) is 0 Å². The minimum atomic E-state index is -3.73. The van der Waals surface area contributed by atoms with Crippen LogP contribution in [-0.4, -0.2) is 40.4 Å². The van der Waals surface area contributed by atoms with Crippen molar-refractivity contribution in [3.05, 3.63) is 47.3 Å². The molecule has 0 fully saturated rings. The minimum absolute atomic E-state index is 0.200. The number of sulfone groups is 1. The zero-order valence-corrected chi connectivity index (χ0v) is 16.0. The average molecular weight is 396 g/mol. The van der Waals surface area contributed by atoms with Crippen molar-refractivity contribution in [2.45, 2.75) is 16.4 Å². The first-order chi connectivity index (χ1) is 12.4. The number of hydrogen-bond acceptors (Lipinski definition) is 6. The van der Waals surface area contributed by atoms with Crippen molar-refractivity contribution >= 4 is 33.0 Å². The predicted octanol–water partition coefficient (Wildman–Crippen LogP) is 1.52. The second-order valence-corrected chi connectivity index (χ2v) is 8.61. The molecule has 1 aromatic carbocycles. The Morgan fingerprint density at radius 2 is 1.77 bits per heavy atom. The second kappa shape index (κ2) is 8.81. The fourth-order valence-corrected chi connectivity index (χ4v) is 5.16. The number of thiophene rings is 1. The average Bonchev–Trinajstić information content (AvgIpc) is 3.18. The van der Waals surface area contributed by atoms with E-state index in [1.54, 1.807) is 42.6 Å². The lowest BCUT2D eigenvalue weighted by Gasteiger charge is -2.18. The first-order valence-corrected chi connectivity index (χ1v) is 10.3. The van der Waals surface area contributed by atoms with Crippen LogP contribution in [0.15, 0.2) is 46.0 Å². The monoisotopic (exact) mass is 396 g/mol. The first-order valence-electron chi connectivity index (χ1n) is 7.87. The number of carbonyl (C=O) groups excluding carboxylic acids is 2. The molecule has 0 radical (unpaired) electrons. The molecule has 0 saturated heterocycles. The largest absolute Gasteiger partial charge is 0.497 e. The van der Waals surface area contributed by atoms with Crippen LogP contribution in [0.5, 0.6) is 5.75 Å². The third-order valence-electron chi connectivity index (χ3n) is 3.63. The topological polar surface area (TPSA) is 102 Å². The lowest BCUT2D eigenvalue weighted by Crippen LogP contribution is -2.42. The molecule has 7 nitrogen and oxygen atoms in total. The Bertz CT molecular complexity index is 846. The number of ether oxygens (including phenoxy) is 1. The lowest BCUT2D eigenvalue weighted by molar-refractivity contribution is -0.139. The number of nitrogens with one attached hydrogen (secondary N) is 2. The molecule has 0 aliphatic carbocycles. The van der Waals surface area contributed by atoms with Gasteiger partial charge in [-0.1, -0.05) is 18.2 Å². The maximum absolute atomic E-state index is 13.0. The molecule has 2 N–H and O–H groups in total. The summed E-state index contributed by atoms with van der Waals surface area (Å²) in [6.07, 6.45) is 0. The van der Waals surface area contributed by atoms with Crippen molar-refractivity contribution < 1.29 is 22.7 Å². The summed E-state index contributed by atoms with van der Waals surface area (Å²) in [5.41, 5.74) is 0.496. The molecule has 140 valence electrons. The quantitative estimate of drug-likeness (QED) is 0.691. The van der Waals surface area contributed by atoms with Gasteiger partial charge in [-0.25, -0.2) is 8.42 Å². The molecule has 0 spiro atoms. The van der Waals surface area contributed by atoms with Crippen LogP contribution in [0.4, 0.5) is 0 Å². The van der Waals surface area contributed by atoms with Gasteiger partial charge in [0.1, 0.15) is 15.2 Å². The molecule has 9 heteroatoms. The summed E-state index contributed by atoms with van der Waals surface area (Å²) in [5.74, 6) is -1.08. The normalized spacial score (nSPS) is 12.2. The van der Waals surface area contributed by atoms with E-state index in [-0.39, 0.29) is 10.8 Å². The van der Waals surface area contributed by atoms with Crippen molar-refractivity contribution in [3.8, 4) is 5.75 Å². The number of benzene rings is 1. The highest BCUT2D eigenvalue weighted by Gasteiger charge is 2.31. The molecule has 2 aromatic rings. The third kappa shape index (κ3) is 4.61. The van der Waals surface area contributed by atoms with Gasteiger partial charge in [0, 0.05) is 13.1 Å². The molecule has 2 amide bonds. The van der Waals surface area contributed by atoms with E-state index in [0.717, 1.165) is 11.3 Å². The summed E-state index contributed by atoms with van der Waals surface area (Å²) >= 11 is 1.10. The van der Waals surface area contributed by atoms with E-state index in [4.69, 9.17) is 4.74 Å². The van der Waals surface area contributed by atoms with Crippen LogP contribution in [0, 0.1) is 0 Å². The molecule has 0 unspecified atom stereocenters. The van der Waals surface area contributed by atoms with Gasteiger partial charge in [-0.2, -0.15) is 0 Å². The van der Waals surface area contributed by atoms with Crippen LogP contribution in [0.2, 0.25) is 0 Å². The maximum Gasteiger partial charge on any atom is 0.309 e. The molecule has 1 aromatic heterocycles. The molecule has 0 bridgehead atoms. The van der Waals surface area contributed by atoms with Crippen molar-refractivity contribution in [2.24, 2.45) is 0 Å². The van der Waals surface area contributed by atoms with Gasteiger partial charge in [-0.3, -0.25) is 9.59 Å². The predicted molar refractivity (Wildman–Crippen MR) is 98.9 cm³/mol. The van der Waals surface area contributed by atoms with E-state index in [2.05, 4.69) is 10.6 Å². The minimum Gasteiger partial charge on any atom is -0.497 e. The summed E-state index contributed by atoms with van der Waals surface area (Å²) in [7, 11) is -2.22. The molecule has 26 heavy (non-hydrogen) atoms. The van der Waals surface area contributed by atoms with Gasteiger partial charge in [0.2, 0.25) is 0 Å². The standard InChI is InChI=1S/C17H20N2O5S2/c1-3-18-16(20)17(21)19-11-14(12-6-8-13(24-2)9-7-12)26(22,23)15-5-4-10-25-15/h4-10,14H,3,11H2,1-2H3,(H,18,20)(H,19,21)/t14-/m1/s1. The SMILES string of the molecule is CCNC(=O)C(=O)NC[C@H](c1ccc(OC)cc1)S(=O)(=O)c1cccs1. The fourth-order valence-electron chi connectivity index (χ4n) is 2.30. The molecular weight excluding hydrogens is 376 g/mol. The van der Waals surface area contributed by atoms with Gasteiger partial charge < -0.3 is 15.4 Å². The van der Waals surface area contributed by atoms with Gasteiger partial charge in [0.25, 0.3) is 0 Å². The van der Waals surface area contributed by atoms with Crippen LogP contribution in [-0.2, 0) is 19.4 Å². The Morgan fingerprint density at radius 3 is 2.31 bits per heavy atom. The van der Waals surface area contributed by atoms with Crippen LogP contribution in [0.25, 0.3) is 0 Å². The van der Waals surface area contributed by atoms with Gasteiger partial charge in [-0.15, -0.1) is 11.3 Å².